The average molecular weight is 417 g/mol. The second-order valence-electron chi connectivity index (χ2n) is 6.94. The number of carbonyl (C=O) groups is 2. The first-order valence-corrected chi connectivity index (χ1v) is 10.4. The van der Waals surface area contributed by atoms with Gasteiger partial charge in [-0.1, -0.05) is 48.2 Å². The highest BCUT2D eigenvalue weighted by Crippen LogP contribution is 2.30. The van der Waals surface area contributed by atoms with Crippen molar-refractivity contribution in [3.05, 3.63) is 66.2 Å². The molecule has 0 radical (unpaired) electrons. The first-order valence-electron chi connectivity index (χ1n) is 9.38. The van der Waals surface area contributed by atoms with Gasteiger partial charge in [-0.2, -0.15) is 5.10 Å². The lowest BCUT2D eigenvalue weighted by Crippen LogP contribution is -2.09. The van der Waals surface area contributed by atoms with Gasteiger partial charge in [0.25, 0.3) is 0 Å². The largest absolute Gasteiger partial charge is 0.481 e. The molecule has 150 valence electrons. The zero-order valence-corrected chi connectivity index (χ0v) is 17.1. The lowest BCUT2D eigenvalue weighted by molar-refractivity contribution is -0.133. The van der Waals surface area contributed by atoms with Gasteiger partial charge in [-0.15, -0.1) is 5.10 Å². The van der Waals surface area contributed by atoms with Gasteiger partial charge in [0.15, 0.2) is 0 Å². The number of thioether (sulfide) groups is 1. The van der Waals surface area contributed by atoms with Crippen LogP contribution < -0.4 is 5.32 Å². The third-order valence-electron chi connectivity index (χ3n) is 4.63. The molecule has 1 heterocycles. The molecule has 0 saturated heterocycles. The van der Waals surface area contributed by atoms with Crippen LogP contribution in [0.4, 0.5) is 5.69 Å². The van der Waals surface area contributed by atoms with Crippen LogP contribution in [0.15, 0.2) is 70.9 Å². The maximum absolute atomic E-state index is 11.6. The van der Waals surface area contributed by atoms with E-state index >= 15 is 0 Å². The van der Waals surface area contributed by atoms with Crippen molar-refractivity contribution >= 4 is 50.9 Å². The minimum atomic E-state index is -0.887. The summed E-state index contributed by atoms with van der Waals surface area (Å²) in [6.45, 7) is 1.47. The average Bonchev–Trinajstić information content (AvgIpc) is 3.20. The number of rotatable bonds is 5. The van der Waals surface area contributed by atoms with E-state index in [0.29, 0.717) is 17.2 Å². The Kier molecular flexibility index (Phi) is 5.63. The molecule has 0 bridgehead atoms. The summed E-state index contributed by atoms with van der Waals surface area (Å²) >= 11 is 1.17. The Morgan fingerprint density at radius 3 is 2.50 bits per heavy atom. The molecule has 0 spiro atoms. The molecule has 2 N–H and O–H groups in total. The van der Waals surface area contributed by atoms with Crippen LogP contribution in [-0.2, 0) is 9.59 Å². The van der Waals surface area contributed by atoms with Gasteiger partial charge in [0.05, 0.1) is 11.5 Å². The predicted molar refractivity (Wildman–Crippen MR) is 122 cm³/mol. The Balaban J connectivity index is 1.68. The van der Waals surface area contributed by atoms with E-state index in [1.54, 1.807) is 0 Å². The number of carbonyl (C=O) groups excluding carboxylic acids is 1. The summed E-state index contributed by atoms with van der Waals surface area (Å²) in [6, 6.07) is 20.2. The van der Waals surface area contributed by atoms with Crippen molar-refractivity contribution in [2.45, 2.75) is 13.3 Å². The normalized spacial score (nSPS) is 13.1. The Morgan fingerprint density at radius 2 is 1.73 bits per heavy atom. The minimum Gasteiger partial charge on any atom is -0.481 e. The van der Waals surface area contributed by atoms with Gasteiger partial charge in [0.1, 0.15) is 5.04 Å². The van der Waals surface area contributed by atoms with E-state index < -0.39 is 5.97 Å². The number of amides is 1. The van der Waals surface area contributed by atoms with Crippen molar-refractivity contribution in [1.82, 2.24) is 0 Å². The molecule has 1 aliphatic rings. The molecule has 1 aliphatic heterocycles. The van der Waals surface area contributed by atoms with E-state index in [-0.39, 0.29) is 11.7 Å². The van der Waals surface area contributed by atoms with E-state index in [9.17, 15) is 9.59 Å². The van der Waals surface area contributed by atoms with Crippen LogP contribution in [0.3, 0.4) is 0 Å². The van der Waals surface area contributed by atoms with Crippen molar-refractivity contribution < 1.29 is 14.7 Å². The fourth-order valence-electron chi connectivity index (χ4n) is 3.32. The quantitative estimate of drug-likeness (QED) is 0.624. The maximum atomic E-state index is 11.6. The lowest BCUT2D eigenvalue weighted by atomic mass is 9.97. The van der Waals surface area contributed by atoms with Crippen LogP contribution in [0.25, 0.3) is 21.9 Å². The number of fused-ring (bicyclic) bond motifs is 1. The van der Waals surface area contributed by atoms with Crippen molar-refractivity contribution in [2.75, 3.05) is 11.1 Å². The molecule has 3 aromatic rings. The Morgan fingerprint density at radius 1 is 0.967 bits per heavy atom. The second kappa shape index (κ2) is 8.51. The highest BCUT2D eigenvalue weighted by Gasteiger charge is 2.18. The molecule has 0 unspecified atom stereocenters. The predicted octanol–water partition coefficient (Wildman–Crippen LogP) is 4.79. The van der Waals surface area contributed by atoms with E-state index in [1.165, 1.54) is 18.7 Å². The smallest absolute Gasteiger partial charge is 0.313 e. The van der Waals surface area contributed by atoms with Gasteiger partial charge in [-0.25, -0.2) is 0 Å². The van der Waals surface area contributed by atoms with Gasteiger partial charge >= 0.3 is 5.97 Å². The molecule has 0 atom stereocenters. The van der Waals surface area contributed by atoms with E-state index in [2.05, 4.69) is 45.9 Å². The zero-order valence-electron chi connectivity index (χ0n) is 16.3. The summed E-state index contributed by atoms with van der Waals surface area (Å²) < 4.78 is 0. The number of anilines is 1. The van der Waals surface area contributed by atoms with Crippen molar-refractivity contribution in [1.29, 1.82) is 0 Å². The lowest BCUT2D eigenvalue weighted by Gasteiger charge is -2.11. The number of hydrogen-bond acceptors (Lipinski definition) is 5. The summed E-state index contributed by atoms with van der Waals surface area (Å²) in [6.07, 6.45) is 0.471. The highest BCUT2D eigenvalue weighted by atomic mass is 32.2. The second-order valence-corrected chi connectivity index (χ2v) is 7.99. The summed E-state index contributed by atoms with van der Waals surface area (Å²) in [5, 5.41) is 23.0. The van der Waals surface area contributed by atoms with Gasteiger partial charge < -0.3 is 10.4 Å². The van der Waals surface area contributed by atoms with Crippen LogP contribution >= 0.6 is 11.8 Å². The van der Waals surface area contributed by atoms with Crippen LogP contribution in [0.2, 0.25) is 0 Å². The summed E-state index contributed by atoms with van der Waals surface area (Å²) in [7, 11) is 0. The zero-order chi connectivity index (χ0) is 21.1. The third-order valence-corrected chi connectivity index (χ3v) is 5.58. The monoisotopic (exact) mass is 417 g/mol. The SMILES string of the molecule is CC(=O)Nc1cc(C2=NN=C(SCC(=O)O)C2)cc(-c2ccc3ccccc3c2)c1. The molecular weight excluding hydrogens is 398 g/mol. The highest BCUT2D eigenvalue weighted by molar-refractivity contribution is 8.14. The number of carboxylic acid groups (broad SMARTS) is 1. The first-order chi connectivity index (χ1) is 14.5. The van der Waals surface area contributed by atoms with Gasteiger partial charge in [-0.3, -0.25) is 9.59 Å². The standard InChI is InChI=1S/C23H19N3O3S/c1-14(27)24-20-10-18(17-7-6-15-4-2-3-5-16(15)8-17)9-19(11-20)21-12-22(26-25-21)30-13-23(28)29/h2-11H,12-13H2,1H3,(H,24,27)(H,28,29). The molecule has 4 rings (SSSR count). The summed E-state index contributed by atoms with van der Waals surface area (Å²) in [5.41, 5.74) is 4.26. The topological polar surface area (TPSA) is 91.1 Å². The molecular formula is C23H19N3O3S. The van der Waals surface area contributed by atoms with Crippen LogP contribution in [0.5, 0.6) is 0 Å². The fourth-order valence-corrected chi connectivity index (χ4v) is 3.95. The molecule has 0 aromatic heterocycles. The molecule has 1 amide bonds. The molecule has 30 heavy (non-hydrogen) atoms. The molecule has 0 aliphatic carbocycles. The van der Waals surface area contributed by atoms with E-state index in [1.807, 2.05) is 30.3 Å². The Bertz CT molecular complexity index is 1220. The molecule has 7 heteroatoms. The third kappa shape index (κ3) is 4.58. The molecule has 0 fully saturated rings. The van der Waals surface area contributed by atoms with Crippen molar-refractivity contribution in [3.63, 3.8) is 0 Å². The van der Waals surface area contributed by atoms with Crippen LogP contribution in [0, 0.1) is 0 Å². The molecule has 3 aromatic carbocycles. The van der Waals surface area contributed by atoms with Gasteiger partial charge in [0, 0.05) is 24.6 Å². The van der Waals surface area contributed by atoms with Crippen LogP contribution in [0.1, 0.15) is 18.9 Å². The van der Waals surface area contributed by atoms with Gasteiger partial charge in [-0.05, 0) is 46.2 Å². The number of nitrogens with one attached hydrogen (secondary N) is 1. The summed E-state index contributed by atoms with van der Waals surface area (Å²) in [5.74, 6) is -1.09. The number of benzene rings is 3. The summed E-state index contributed by atoms with van der Waals surface area (Å²) in [4.78, 5) is 22.4. The Labute approximate surface area is 177 Å². The first kappa shape index (κ1) is 19.8. The van der Waals surface area contributed by atoms with Crippen LogP contribution in [-0.4, -0.2) is 33.5 Å². The maximum Gasteiger partial charge on any atom is 0.313 e. The van der Waals surface area contributed by atoms with Gasteiger partial charge in [0.2, 0.25) is 5.91 Å². The minimum absolute atomic E-state index is 0.0457. The Hall–Kier alpha value is -3.45. The molecule has 6 nitrogen and oxygen atoms in total. The molecule has 0 saturated carbocycles. The van der Waals surface area contributed by atoms with E-state index in [0.717, 1.165) is 33.2 Å². The number of carboxylic acids is 1. The van der Waals surface area contributed by atoms with Crippen molar-refractivity contribution in [2.24, 2.45) is 10.2 Å². The number of hydrogen-bond donors (Lipinski definition) is 2. The number of aliphatic carboxylic acids is 1. The number of nitrogens with zero attached hydrogens (tertiary/aromatic N) is 2. The van der Waals surface area contributed by atoms with E-state index in [4.69, 9.17) is 5.11 Å². The fraction of sp³-hybridized carbons (Fsp3) is 0.130. The van der Waals surface area contributed by atoms with Crippen molar-refractivity contribution in [3.8, 4) is 11.1 Å².